The van der Waals surface area contributed by atoms with Crippen molar-refractivity contribution in [3.63, 3.8) is 0 Å². The summed E-state index contributed by atoms with van der Waals surface area (Å²) < 4.78 is 65.0. The van der Waals surface area contributed by atoms with Crippen LogP contribution >= 0.6 is 0 Å². The van der Waals surface area contributed by atoms with Crippen LogP contribution in [0.4, 0.5) is 17.6 Å². The van der Waals surface area contributed by atoms with Gasteiger partial charge in [0.05, 0.1) is 6.61 Å². The standard InChI is InChI=1S/C32H44F4O/c1-3-5-7-25-16-17-26(30(34)29(25)33)24-14-10-22(11-15-24)20-37-28-19-18-27(31(35)32(28)36)23-12-8-21(6-4-2)9-13-23/h16,18-19,21-24,26H,3-15,17,20H2,1-2H3. The van der Waals surface area contributed by atoms with Crippen LogP contribution in [-0.4, -0.2) is 6.61 Å². The first-order valence-corrected chi connectivity index (χ1v) is 14.8. The second kappa shape index (κ2) is 13.3. The minimum absolute atomic E-state index is 0.0175. The van der Waals surface area contributed by atoms with Crippen molar-refractivity contribution < 1.29 is 22.3 Å². The Hall–Kier alpha value is -1.78. The molecule has 1 atom stereocenters. The number of benzene rings is 1. The average Bonchev–Trinajstić information content (AvgIpc) is 2.92. The Bertz CT molecular complexity index is 952. The molecular weight excluding hydrogens is 476 g/mol. The topological polar surface area (TPSA) is 9.23 Å². The van der Waals surface area contributed by atoms with E-state index in [1.807, 2.05) is 13.0 Å². The van der Waals surface area contributed by atoms with Crippen LogP contribution < -0.4 is 4.74 Å². The summed E-state index contributed by atoms with van der Waals surface area (Å²) in [5.74, 6) is -2.09. The highest BCUT2D eigenvalue weighted by Crippen LogP contribution is 2.44. The van der Waals surface area contributed by atoms with Gasteiger partial charge in [-0.3, -0.25) is 0 Å². The van der Waals surface area contributed by atoms with E-state index >= 15 is 0 Å². The summed E-state index contributed by atoms with van der Waals surface area (Å²) in [7, 11) is 0. The summed E-state index contributed by atoms with van der Waals surface area (Å²) >= 11 is 0. The van der Waals surface area contributed by atoms with Gasteiger partial charge < -0.3 is 4.74 Å². The lowest BCUT2D eigenvalue weighted by Crippen LogP contribution is -2.26. The molecule has 0 N–H and O–H groups in total. The molecule has 1 aromatic carbocycles. The maximum absolute atomic E-state index is 14.9. The van der Waals surface area contributed by atoms with Crippen LogP contribution in [-0.2, 0) is 0 Å². The molecule has 2 fully saturated rings. The number of allylic oxidation sites excluding steroid dienone is 4. The van der Waals surface area contributed by atoms with E-state index in [1.54, 1.807) is 12.1 Å². The summed E-state index contributed by atoms with van der Waals surface area (Å²) in [6.45, 7) is 4.57. The lowest BCUT2D eigenvalue weighted by Gasteiger charge is -2.34. The Kier molecular flexibility index (Phi) is 10.2. The third-order valence-electron chi connectivity index (χ3n) is 9.23. The molecule has 1 nitrogen and oxygen atoms in total. The van der Waals surface area contributed by atoms with E-state index in [1.165, 1.54) is 12.8 Å². The minimum Gasteiger partial charge on any atom is -0.490 e. The molecular formula is C32H44F4O. The van der Waals surface area contributed by atoms with Gasteiger partial charge in [0.15, 0.2) is 17.4 Å². The molecule has 4 rings (SSSR count). The van der Waals surface area contributed by atoms with E-state index in [4.69, 9.17) is 4.74 Å². The smallest absolute Gasteiger partial charge is 0.200 e. The van der Waals surface area contributed by atoms with Crippen molar-refractivity contribution in [2.45, 2.75) is 110 Å². The lowest BCUT2D eigenvalue weighted by molar-refractivity contribution is 0.150. The number of unbranched alkanes of at least 4 members (excludes halogenated alkanes) is 1. The maximum Gasteiger partial charge on any atom is 0.200 e. The summed E-state index contributed by atoms with van der Waals surface area (Å²) in [6, 6.07) is 3.30. The van der Waals surface area contributed by atoms with Gasteiger partial charge in [-0.05, 0) is 112 Å². The fourth-order valence-corrected chi connectivity index (χ4v) is 6.87. The van der Waals surface area contributed by atoms with Crippen LogP contribution in [0.5, 0.6) is 5.75 Å². The molecule has 0 saturated heterocycles. The second-order valence-electron chi connectivity index (χ2n) is 11.7. The molecule has 1 aromatic rings. The van der Waals surface area contributed by atoms with Crippen LogP contribution in [0.3, 0.4) is 0 Å². The Morgan fingerprint density at radius 3 is 2.19 bits per heavy atom. The largest absolute Gasteiger partial charge is 0.490 e. The zero-order valence-corrected chi connectivity index (χ0v) is 22.6. The predicted octanol–water partition coefficient (Wildman–Crippen LogP) is 10.5. The highest BCUT2D eigenvalue weighted by molar-refractivity contribution is 5.34. The van der Waals surface area contributed by atoms with Crippen molar-refractivity contribution in [1.29, 1.82) is 0 Å². The fourth-order valence-electron chi connectivity index (χ4n) is 6.87. The Balaban J connectivity index is 1.26. The molecule has 0 aliphatic heterocycles. The van der Waals surface area contributed by atoms with Gasteiger partial charge in [0.25, 0.3) is 0 Å². The molecule has 0 aromatic heterocycles. The maximum atomic E-state index is 14.9. The van der Waals surface area contributed by atoms with Crippen molar-refractivity contribution >= 4 is 0 Å². The van der Waals surface area contributed by atoms with Gasteiger partial charge in [-0.15, -0.1) is 0 Å². The number of halogens is 4. The van der Waals surface area contributed by atoms with E-state index in [2.05, 4.69) is 6.92 Å². The molecule has 3 aliphatic rings. The molecule has 0 amide bonds. The third kappa shape index (κ3) is 6.81. The van der Waals surface area contributed by atoms with Crippen molar-refractivity contribution in [3.05, 3.63) is 52.6 Å². The van der Waals surface area contributed by atoms with Crippen LogP contribution in [0.25, 0.3) is 0 Å². The molecule has 5 heteroatoms. The molecule has 37 heavy (non-hydrogen) atoms. The van der Waals surface area contributed by atoms with Gasteiger partial charge in [-0.1, -0.05) is 45.3 Å². The monoisotopic (exact) mass is 520 g/mol. The first-order chi connectivity index (χ1) is 17.9. The molecule has 0 spiro atoms. The van der Waals surface area contributed by atoms with E-state index in [9.17, 15) is 17.6 Å². The lowest BCUT2D eigenvalue weighted by atomic mass is 9.73. The highest BCUT2D eigenvalue weighted by atomic mass is 19.2. The number of hydrogen-bond donors (Lipinski definition) is 0. The first-order valence-electron chi connectivity index (χ1n) is 14.8. The van der Waals surface area contributed by atoms with Gasteiger partial charge in [0.1, 0.15) is 5.83 Å². The van der Waals surface area contributed by atoms with Crippen molar-refractivity contribution in [2.75, 3.05) is 6.61 Å². The van der Waals surface area contributed by atoms with E-state index in [-0.39, 0.29) is 29.4 Å². The van der Waals surface area contributed by atoms with E-state index in [0.717, 1.165) is 70.1 Å². The molecule has 0 radical (unpaired) electrons. The minimum atomic E-state index is -0.877. The van der Waals surface area contributed by atoms with Crippen LogP contribution in [0.1, 0.15) is 115 Å². The zero-order chi connectivity index (χ0) is 26.4. The van der Waals surface area contributed by atoms with Crippen LogP contribution in [0, 0.1) is 35.3 Å². The van der Waals surface area contributed by atoms with E-state index in [0.29, 0.717) is 30.6 Å². The molecule has 1 unspecified atom stereocenters. The average molecular weight is 521 g/mol. The number of hydrogen-bond acceptors (Lipinski definition) is 1. The van der Waals surface area contributed by atoms with Gasteiger partial charge in [-0.2, -0.15) is 4.39 Å². The van der Waals surface area contributed by atoms with Gasteiger partial charge in [-0.25, -0.2) is 13.2 Å². The number of rotatable bonds is 10. The normalized spacial score (nSPS) is 28.8. The highest BCUT2D eigenvalue weighted by Gasteiger charge is 2.34. The predicted molar refractivity (Wildman–Crippen MR) is 142 cm³/mol. The molecule has 206 valence electrons. The Labute approximate surface area is 220 Å². The summed E-state index contributed by atoms with van der Waals surface area (Å²) in [6.07, 6.45) is 14.6. The SMILES string of the molecule is CCCCC1=CCC(C2CCC(COc3ccc(C4CCC(CCC)CC4)c(F)c3F)CC2)C(F)=C1F. The molecule has 0 bridgehead atoms. The van der Waals surface area contributed by atoms with Gasteiger partial charge >= 0.3 is 0 Å². The first kappa shape index (κ1) is 28.2. The summed E-state index contributed by atoms with van der Waals surface area (Å²) in [5.41, 5.74) is 1.02. The zero-order valence-electron chi connectivity index (χ0n) is 22.6. The van der Waals surface area contributed by atoms with Crippen molar-refractivity contribution in [2.24, 2.45) is 23.7 Å². The van der Waals surface area contributed by atoms with Crippen molar-refractivity contribution in [3.8, 4) is 5.75 Å². The second-order valence-corrected chi connectivity index (χ2v) is 11.7. The Morgan fingerprint density at radius 2 is 1.51 bits per heavy atom. The third-order valence-corrected chi connectivity index (χ3v) is 9.23. The fraction of sp³-hybridized carbons (Fsp3) is 0.688. The van der Waals surface area contributed by atoms with Crippen LogP contribution in [0.15, 0.2) is 35.4 Å². The number of ether oxygens (including phenoxy) is 1. The summed E-state index contributed by atoms with van der Waals surface area (Å²) in [4.78, 5) is 0. The molecule has 2 saturated carbocycles. The van der Waals surface area contributed by atoms with E-state index < -0.39 is 23.3 Å². The van der Waals surface area contributed by atoms with Gasteiger partial charge in [0.2, 0.25) is 5.82 Å². The van der Waals surface area contributed by atoms with Gasteiger partial charge in [0, 0.05) is 5.92 Å². The van der Waals surface area contributed by atoms with Crippen LogP contribution in [0.2, 0.25) is 0 Å². The quantitative estimate of drug-likeness (QED) is 0.279. The Morgan fingerprint density at radius 1 is 0.811 bits per heavy atom. The van der Waals surface area contributed by atoms with Crippen molar-refractivity contribution in [1.82, 2.24) is 0 Å². The molecule has 3 aliphatic carbocycles. The molecule has 0 heterocycles. The summed E-state index contributed by atoms with van der Waals surface area (Å²) in [5, 5.41) is 0.